The molecule has 0 spiro atoms. The van der Waals surface area contributed by atoms with E-state index in [9.17, 15) is 5.11 Å². The summed E-state index contributed by atoms with van der Waals surface area (Å²) < 4.78 is 6.03. The lowest BCUT2D eigenvalue weighted by Crippen LogP contribution is -2.50. The molecular weight excluding hydrogens is 324 g/mol. The van der Waals surface area contributed by atoms with Gasteiger partial charge in [0.15, 0.2) is 0 Å². The van der Waals surface area contributed by atoms with Gasteiger partial charge in [-0.1, -0.05) is 37.3 Å². The van der Waals surface area contributed by atoms with E-state index in [1.54, 1.807) is 0 Å². The molecule has 2 aliphatic heterocycles. The van der Waals surface area contributed by atoms with Crippen LogP contribution in [-0.4, -0.2) is 42.3 Å². The van der Waals surface area contributed by atoms with E-state index in [1.807, 2.05) is 36.4 Å². The van der Waals surface area contributed by atoms with Gasteiger partial charge in [0.1, 0.15) is 11.5 Å². The van der Waals surface area contributed by atoms with Crippen molar-refractivity contribution in [2.45, 2.75) is 24.9 Å². The molecule has 0 aromatic heterocycles. The van der Waals surface area contributed by atoms with E-state index in [2.05, 4.69) is 42.4 Å². The lowest BCUT2D eigenvalue weighted by molar-refractivity contribution is 0.126. The molecule has 0 unspecified atom stereocenters. The number of benzene rings is 2. The van der Waals surface area contributed by atoms with Crippen molar-refractivity contribution in [3.05, 3.63) is 60.2 Å². The lowest BCUT2D eigenvalue weighted by atomic mass is 9.79. The zero-order chi connectivity index (χ0) is 18.1. The maximum Gasteiger partial charge on any atom is 0.127 e. The van der Waals surface area contributed by atoms with Gasteiger partial charge in [0.2, 0.25) is 0 Å². The molecule has 0 radical (unpaired) electrons. The summed E-state index contributed by atoms with van der Waals surface area (Å²) in [5.74, 6) is 2.70. The van der Waals surface area contributed by atoms with Crippen LogP contribution < -0.4 is 10.1 Å². The minimum absolute atomic E-state index is 0.184. The van der Waals surface area contributed by atoms with Crippen LogP contribution in [0.2, 0.25) is 0 Å². The van der Waals surface area contributed by atoms with Gasteiger partial charge in [0.25, 0.3) is 0 Å². The third-order valence-corrected chi connectivity index (χ3v) is 6.24. The van der Waals surface area contributed by atoms with Gasteiger partial charge in [-0.15, -0.1) is 0 Å². The molecule has 4 heteroatoms. The van der Waals surface area contributed by atoms with Crippen LogP contribution in [0.5, 0.6) is 11.5 Å². The molecular formula is C22H28N2O2. The van der Waals surface area contributed by atoms with Crippen LogP contribution in [0.3, 0.4) is 0 Å². The highest BCUT2D eigenvalue weighted by atomic mass is 16.5. The minimum Gasteiger partial charge on any atom is -0.457 e. The smallest absolute Gasteiger partial charge is 0.127 e. The summed E-state index contributed by atoms with van der Waals surface area (Å²) in [7, 11) is 2.18. The zero-order valence-corrected chi connectivity index (χ0v) is 15.6. The highest BCUT2D eigenvalue weighted by Crippen LogP contribution is 2.48. The second-order valence-corrected chi connectivity index (χ2v) is 7.77. The summed E-state index contributed by atoms with van der Waals surface area (Å²) in [6.07, 6.45) is 0.940. The fourth-order valence-electron chi connectivity index (χ4n) is 4.84. The largest absolute Gasteiger partial charge is 0.457 e. The maximum absolute atomic E-state index is 10.2. The van der Waals surface area contributed by atoms with Crippen molar-refractivity contribution in [1.29, 1.82) is 0 Å². The predicted octanol–water partition coefficient (Wildman–Crippen LogP) is 3.44. The lowest BCUT2D eigenvalue weighted by Gasteiger charge is -2.33. The van der Waals surface area contributed by atoms with Gasteiger partial charge in [0, 0.05) is 24.7 Å². The molecule has 2 heterocycles. The highest BCUT2D eigenvalue weighted by molar-refractivity contribution is 5.36. The van der Waals surface area contributed by atoms with Crippen LogP contribution in [0, 0.1) is 11.8 Å². The highest BCUT2D eigenvalue weighted by Gasteiger charge is 2.55. The summed E-state index contributed by atoms with van der Waals surface area (Å²) in [6.45, 7) is 4.47. The maximum atomic E-state index is 10.2. The van der Waals surface area contributed by atoms with E-state index in [-0.39, 0.29) is 18.2 Å². The summed E-state index contributed by atoms with van der Waals surface area (Å²) in [6, 6.07) is 18.5. The topological polar surface area (TPSA) is 44.7 Å². The second-order valence-electron chi connectivity index (χ2n) is 7.77. The number of rotatable bonds is 5. The van der Waals surface area contributed by atoms with Crippen LogP contribution in [0.15, 0.2) is 54.6 Å². The number of nitrogens with zero attached hydrogens (tertiary/aromatic N) is 1. The number of aliphatic hydroxyl groups excluding tert-OH is 1. The number of likely N-dealkylation sites (tertiary alicyclic amines) is 1. The quantitative estimate of drug-likeness (QED) is 0.865. The molecule has 0 amide bonds. The predicted molar refractivity (Wildman–Crippen MR) is 103 cm³/mol. The summed E-state index contributed by atoms with van der Waals surface area (Å²) in [4.78, 5) is 2.40. The molecule has 2 saturated heterocycles. The number of aliphatic hydroxyl groups is 1. The van der Waals surface area contributed by atoms with E-state index < -0.39 is 0 Å². The van der Waals surface area contributed by atoms with Crippen molar-refractivity contribution in [3.63, 3.8) is 0 Å². The van der Waals surface area contributed by atoms with Crippen molar-refractivity contribution in [2.75, 3.05) is 26.7 Å². The van der Waals surface area contributed by atoms with E-state index in [1.165, 1.54) is 5.56 Å². The van der Waals surface area contributed by atoms with Gasteiger partial charge >= 0.3 is 0 Å². The third kappa shape index (κ3) is 3.02. The van der Waals surface area contributed by atoms with E-state index in [0.29, 0.717) is 11.8 Å². The Kier molecular flexibility index (Phi) is 4.74. The van der Waals surface area contributed by atoms with Gasteiger partial charge in [-0.2, -0.15) is 0 Å². The Labute approximate surface area is 155 Å². The number of hydrogen-bond donors (Lipinski definition) is 2. The summed E-state index contributed by atoms with van der Waals surface area (Å²) in [5.41, 5.74) is 1.06. The molecule has 4 atom stereocenters. The first-order valence-corrected chi connectivity index (χ1v) is 9.55. The first-order chi connectivity index (χ1) is 12.6. The van der Waals surface area contributed by atoms with Crippen LogP contribution in [-0.2, 0) is 0 Å². The van der Waals surface area contributed by atoms with Gasteiger partial charge in [-0.3, -0.25) is 0 Å². The first-order valence-electron chi connectivity index (χ1n) is 9.55. The Morgan fingerprint density at radius 3 is 2.62 bits per heavy atom. The molecule has 0 saturated carbocycles. The molecule has 2 N–H and O–H groups in total. The molecule has 4 nitrogen and oxygen atoms in total. The molecule has 0 aliphatic carbocycles. The normalized spacial score (nSPS) is 31.1. The Morgan fingerprint density at radius 1 is 1.12 bits per heavy atom. The Morgan fingerprint density at radius 2 is 1.88 bits per heavy atom. The molecule has 2 aromatic rings. The van der Waals surface area contributed by atoms with Gasteiger partial charge < -0.3 is 20.1 Å². The van der Waals surface area contributed by atoms with E-state index in [4.69, 9.17) is 4.74 Å². The van der Waals surface area contributed by atoms with Gasteiger partial charge in [-0.05, 0) is 55.1 Å². The standard InChI is InChI=1S/C22H28N2O2/c1-3-22(15-25)20-14-24(2)13-19(20)21(23-22)16-8-7-11-18(12-16)26-17-9-5-4-6-10-17/h4-12,19-21,23,25H,3,13-15H2,1-2H3/t19-,20+,21-,22+/m1/s1. The van der Waals surface area contributed by atoms with E-state index in [0.717, 1.165) is 31.0 Å². The molecule has 2 fully saturated rings. The Hall–Kier alpha value is -1.88. The monoisotopic (exact) mass is 352 g/mol. The van der Waals surface area contributed by atoms with Crippen molar-refractivity contribution in [1.82, 2.24) is 10.2 Å². The van der Waals surface area contributed by atoms with Crippen molar-refractivity contribution >= 4 is 0 Å². The molecule has 138 valence electrons. The third-order valence-electron chi connectivity index (χ3n) is 6.24. The van der Waals surface area contributed by atoms with Crippen LogP contribution in [0.4, 0.5) is 0 Å². The first kappa shape index (κ1) is 17.5. The summed E-state index contributed by atoms with van der Waals surface area (Å²) in [5, 5.41) is 14.0. The Bertz CT molecular complexity index is 745. The van der Waals surface area contributed by atoms with Gasteiger partial charge in [-0.25, -0.2) is 0 Å². The molecule has 26 heavy (non-hydrogen) atoms. The molecule has 2 aliphatic rings. The molecule has 2 aromatic carbocycles. The van der Waals surface area contributed by atoms with Crippen molar-refractivity contribution in [2.24, 2.45) is 11.8 Å². The average Bonchev–Trinajstić information content (AvgIpc) is 3.19. The van der Waals surface area contributed by atoms with Crippen molar-refractivity contribution in [3.8, 4) is 11.5 Å². The second kappa shape index (κ2) is 7.03. The number of hydrogen-bond acceptors (Lipinski definition) is 4. The van der Waals surface area contributed by atoms with Crippen LogP contribution in [0.25, 0.3) is 0 Å². The number of fused-ring (bicyclic) bond motifs is 1. The van der Waals surface area contributed by atoms with Crippen molar-refractivity contribution < 1.29 is 9.84 Å². The summed E-state index contributed by atoms with van der Waals surface area (Å²) >= 11 is 0. The fraction of sp³-hybridized carbons (Fsp3) is 0.455. The average molecular weight is 352 g/mol. The zero-order valence-electron chi connectivity index (χ0n) is 15.6. The number of nitrogens with one attached hydrogen (secondary N) is 1. The fourth-order valence-corrected chi connectivity index (χ4v) is 4.84. The number of para-hydroxylation sites is 1. The van der Waals surface area contributed by atoms with Crippen LogP contribution in [0.1, 0.15) is 24.9 Å². The SMILES string of the molecule is CC[C@@]1(CO)N[C@H](c2cccc(Oc3ccccc3)c2)[C@@H]2CN(C)C[C@@H]21. The van der Waals surface area contributed by atoms with Crippen LogP contribution >= 0.6 is 0 Å². The van der Waals surface area contributed by atoms with Gasteiger partial charge in [0.05, 0.1) is 6.61 Å². The molecule has 4 rings (SSSR count). The Balaban J connectivity index is 1.62. The minimum atomic E-state index is -0.184. The number of ether oxygens (including phenoxy) is 1. The molecule has 0 bridgehead atoms. The van der Waals surface area contributed by atoms with E-state index >= 15 is 0 Å².